The van der Waals surface area contributed by atoms with Gasteiger partial charge in [-0.3, -0.25) is 9.59 Å². The zero-order chi connectivity index (χ0) is 69.6. The highest BCUT2D eigenvalue weighted by atomic mass is 16.6. The summed E-state index contributed by atoms with van der Waals surface area (Å²) in [5.74, 6) is 13.1. The second kappa shape index (κ2) is 32.9. The molecule has 0 spiro atoms. The monoisotopic (exact) mass is 1320 g/mol. The molecule has 1 aliphatic heterocycles. The summed E-state index contributed by atoms with van der Waals surface area (Å²) in [7, 11) is 0. The highest BCUT2D eigenvalue weighted by Gasteiger charge is 2.61. The molecule has 19 atom stereocenters. The molecule has 0 amide bonds. The Bertz CT molecular complexity index is 2730. The zero-order valence-electron chi connectivity index (χ0n) is 65.1. The highest BCUT2D eigenvalue weighted by Crippen LogP contribution is 2.70. The van der Waals surface area contributed by atoms with Gasteiger partial charge in [0, 0.05) is 12.0 Å². The topological polar surface area (TPSA) is 113 Å². The van der Waals surface area contributed by atoms with Crippen molar-refractivity contribution in [2.24, 2.45) is 110 Å². The Labute approximate surface area is 584 Å². The van der Waals surface area contributed by atoms with Gasteiger partial charge < -0.3 is 24.8 Å². The van der Waals surface area contributed by atoms with E-state index in [9.17, 15) is 19.8 Å². The second-order valence-electron chi connectivity index (χ2n) is 37.9. The van der Waals surface area contributed by atoms with Crippen LogP contribution < -0.4 is 4.74 Å². The van der Waals surface area contributed by atoms with Gasteiger partial charge in [0.2, 0.25) is 0 Å². The number of aliphatic carboxylic acids is 1. The van der Waals surface area contributed by atoms with Crippen molar-refractivity contribution >= 4 is 11.9 Å². The standard InChI is InChI=1S/C32H52O4.C29H50O2.C27H46O/c1-21(2)8-7-9-22(3)25-12-13-26-24-11-10-23-20-30(4,36-29(35)15-14-28(33)34)18-19-31(23,5)27(24)16-17-32(25,26)6;1-20(2)12-9-13-21(3)14-10-15-22(4)16-11-18-29(8)19-17-26-25(7)27(30)23(5)24(6)28(26)31-29;1-18(2)7-6-8-19(3)23-11-12-24-22-10-9-20-17-21(28)13-15-26(20,4)25(22)14-16-27(23,24)5/h10,21-22,24-27H,7-9,11-20H2,1-6H3,(H,33,34);20-22,30H,9-19H2,1-8H3;9,18-19,21-25,28H,6-8,10-17H2,1-5H3/t22-,24+,25-,26+,27+,30+,31+,32-;21-,22-,29-;19-,21+,22+,23-,24+,25+,26+,27-/m111/s1. The third kappa shape index (κ3) is 18.3. The van der Waals surface area contributed by atoms with Gasteiger partial charge in [0.05, 0.1) is 18.9 Å². The van der Waals surface area contributed by atoms with Crippen LogP contribution >= 0.6 is 0 Å². The summed E-state index contributed by atoms with van der Waals surface area (Å²) >= 11 is 0. The average Bonchev–Trinajstić information content (AvgIpc) is 1.69. The van der Waals surface area contributed by atoms with E-state index in [-0.39, 0.29) is 35.9 Å². The van der Waals surface area contributed by atoms with Crippen molar-refractivity contribution in [2.45, 2.75) is 374 Å². The van der Waals surface area contributed by atoms with Crippen LogP contribution in [0, 0.1) is 131 Å². The van der Waals surface area contributed by atoms with E-state index in [0.717, 1.165) is 163 Å². The first kappa shape index (κ1) is 77.9. The molecule has 3 N–H and O–H groups in total. The first-order valence-electron chi connectivity index (χ1n) is 40.7. The maximum absolute atomic E-state index is 12.3. The molecule has 0 radical (unpaired) electrons. The van der Waals surface area contributed by atoms with E-state index in [1.165, 1.54) is 172 Å². The van der Waals surface area contributed by atoms with Crippen LogP contribution in [0.3, 0.4) is 0 Å². The van der Waals surface area contributed by atoms with Crippen molar-refractivity contribution in [1.29, 1.82) is 0 Å². The Balaban J connectivity index is 0.000000184. The molecular weight excluding hydrogens is 1170 g/mol. The Morgan fingerprint density at radius 3 is 1.54 bits per heavy atom. The zero-order valence-corrected chi connectivity index (χ0v) is 65.1. The van der Waals surface area contributed by atoms with Crippen molar-refractivity contribution in [2.75, 3.05) is 0 Å². The predicted molar refractivity (Wildman–Crippen MR) is 398 cm³/mol. The molecule has 1 aromatic rings. The Morgan fingerprint density at radius 2 is 1.02 bits per heavy atom. The molecule has 0 aromatic heterocycles. The normalized spacial score (nSPS) is 35.8. The summed E-state index contributed by atoms with van der Waals surface area (Å²) in [5, 5.41) is 29.5. The van der Waals surface area contributed by atoms with E-state index in [0.29, 0.717) is 22.0 Å². The van der Waals surface area contributed by atoms with Gasteiger partial charge in [-0.2, -0.15) is 0 Å². The molecule has 0 bridgehead atoms. The van der Waals surface area contributed by atoms with Crippen molar-refractivity contribution in [1.82, 2.24) is 0 Å². The van der Waals surface area contributed by atoms with Crippen LogP contribution in [0.2, 0.25) is 0 Å². The number of aliphatic hydroxyl groups is 1. The van der Waals surface area contributed by atoms with E-state index in [1.54, 1.807) is 5.57 Å². The number of carboxylic acids is 1. The SMILES string of the molecule is CC(C)CCC[C@@H](C)[C@H]1CC[C@H]2[C@@H]3CC=C4C[C@@H](O)CC[C@]4(C)[C@H]3CC[C@]12C.CC(C)CCC[C@@H](C)[C@H]1CC[C@H]2[C@@H]3CC=C4C[C@@](C)(OC(=O)CCC(=O)O)CC[C@]4(C)[C@H]3CC[C@]12C.Cc1c(C)c2c(c(C)c1O)CC[C@@](C)(CCC[C@H](C)CCC[C@H](C)CCCC(C)C)O2. The largest absolute Gasteiger partial charge is 0.507 e. The lowest BCUT2D eigenvalue weighted by Gasteiger charge is -2.59. The van der Waals surface area contributed by atoms with Gasteiger partial charge in [0.1, 0.15) is 22.7 Å². The number of aliphatic hydroxyl groups excluding tert-OH is 1. The average molecular weight is 1320 g/mol. The van der Waals surface area contributed by atoms with E-state index in [1.807, 2.05) is 13.8 Å². The van der Waals surface area contributed by atoms with Crippen LogP contribution in [0.15, 0.2) is 23.3 Å². The number of hydrogen-bond acceptors (Lipinski definition) is 6. The van der Waals surface area contributed by atoms with Gasteiger partial charge in [0.25, 0.3) is 0 Å². The maximum Gasteiger partial charge on any atom is 0.306 e. The molecule has 1 aromatic carbocycles. The number of carbonyl (C=O) groups excluding carboxylic acids is 1. The van der Waals surface area contributed by atoms with Crippen LogP contribution in [0.4, 0.5) is 0 Å². The third-order valence-corrected chi connectivity index (χ3v) is 29.6. The van der Waals surface area contributed by atoms with Crippen molar-refractivity contribution < 1.29 is 34.4 Å². The molecule has 95 heavy (non-hydrogen) atoms. The first-order chi connectivity index (χ1) is 44.7. The fraction of sp³-hybridized carbons (Fsp3) is 0.864. The minimum Gasteiger partial charge on any atom is -0.507 e. The van der Waals surface area contributed by atoms with E-state index in [2.05, 4.69) is 130 Å². The number of carboxylic acid groups (broad SMARTS) is 1. The van der Waals surface area contributed by atoms with Crippen LogP contribution in [0.5, 0.6) is 11.5 Å². The van der Waals surface area contributed by atoms with Crippen LogP contribution in [-0.2, 0) is 20.7 Å². The number of rotatable bonds is 26. The maximum atomic E-state index is 12.3. The van der Waals surface area contributed by atoms with Gasteiger partial charge >= 0.3 is 11.9 Å². The third-order valence-electron chi connectivity index (χ3n) is 29.6. The fourth-order valence-electron chi connectivity index (χ4n) is 23.4. The number of benzene rings is 1. The van der Waals surface area contributed by atoms with Crippen molar-refractivity contribution in [3.63, 3.8) is 0 Å². The Morgan fingerprint density at radius 1 is 0.537 bits per heavy atom. The quantitative estimate of drug-likeness (QED) is 0.0625. The predicted octanol–water partition coefficient (Wildman–Crippen LogP) is 24.4. The molecule has 542 valence electrons. The Hall–Kier alpha value is -2.80. The molecule has 6 saturated carbocycles. The van der Waals surface area contributed by atoms with E-state index >= 15 is 0 Å². The van der Waals surface area contributed by atoms with Crippen molar-refractivity contribution in [3.05, 3.63) is 45.6 Å². The highest BCUT2D eigenvalue weighted by molar-refractivity contribution is 5.76. The number of allylic oxidation sites excluding steroid dienone is 2. The van der Waals surface area contributed by atoms with Crippen LogP contribution in [0.1, 0.15) is 351 Å². The van der Waals surface area contributed by atoms with E-state index in [4.69, 9.17) is 14.6 Å². The number of fused-ring (bicyclic) bond motifs is 11. The van der Waals surface area contributed by atoms with Gasteiger partial charge in [-0.1, -0.05) is 204 Å². The number of phenols is 1. The molecule has 9 aliphatic rings. The van der Waals surface area contributed by atoms with Gasteiger partial charge in [-0.15, -0.1) is 0 Å². The Kier molecular flexibility index (Phi) is 27.0. The fourth-order valence-corrected chi connectivity index (χ4v) is 23.4. The number of carbonyl (C=O) groups is 2. The number of phenolic OH excluding ortho intramolecular Hbond substituents is 1. The molecule has 10 rings (SSSR count). The summed E-state index contributed by atoms with van der Waals surface area (Å²) in [4.78, 5) is 23.2. The number of aromatic hydroxyl groups is 1. The lowest BCUT2D eigenvalue weighted by atomic mass is 9.46. The first-order valence-corrected chi connectivity index (χ1v) is 40.7. The van der Waals surface area contributed by atoms with E-state index < -0.39 is 11.6 Å². The van der Waals surface area contributed by atoms with Crippen LogP contribution in [-0.4, -0.2) is 44.6 Å². The molecule has 6 fully saturated rings. The van der Waals surface area contributed by atoms with Crippen molar-refractivity contribution in [3.8, 4) is 11.5 Å². The summed E-state index contributed by atoms with van der Waals surface area (Å²) in [6, 6.07) is 0. The lowest BCUT2D eigenvalue weighted by molar-refractivity contribution is -0.164. The molecule has 1 heterocycles. The minimum atomic E-state index is -0.947. The van der Waals surface area contributed by atoms with Crippen LogP contribution in [0.25, 0.3) is 0 Å². The molecule has 0 saturated heterocycles. The smallest absolute Gasteiger partial charge is 0.306 e. The number of esters is 1. The lowest BCUT2D eigenvalue weighted by Crippen LogP contribution is -2.52. The van der Waals surface area contributed by atoms with Gasteiger partial charge in [-0.25, -0.2) is 0 Å². The summed E-state index contributed by atoms with van der Waals surface area (Å²) in [6.07, 6.45) is 47.2. The van der Waals surface area contributed by atoms with Gasteiger partial charge in [0.15, 0.2) is 0 Å². The molecule has 7 nitrogen and oxygen atoms in total. The summed E-state index contributed by atoms with van der Waals surface area (Å²) in [5.41, 5.74) is 8.56. The van der Waals surface area contributed by atoms with Gasteiger partial charge in [-0.05, 0) is 284 Å². The molecule has 7 heteroatoms. The summed E-state index contributed by atoms with van der Waals surface area (Å²) in [6.45, 7) is 45.0. The number of ether oxygens (including phenoxy) is 2. The second-order valence-corrected chi connectivity index (χ2v) is 37.9. The minimum absolute atomic E-state index is 0.0384. The number of hydrogen-bond donors (Lipinski definition) is 3. The molecule has 0 unspecified atom stereocenters. The summed E-state index contributed by atoms with van der Waals surface area (Å²) < 4.78 is 12.5. The molecule has 8 aliphatic carbocycles. The molecular formula is C88H148O7.